The molecule has 0 amide bonds. The first-order chi connectivity index (χ1) is 7.24. The fourth-order valence-electron chi connectivity index (χ4n) is 2.57. The van der Waals surface area contributed by atoms with Gasteiger partial charge in [0.25, 0.3) is 0 Å². The molecular formula is C12H16O3. The van der Waals surface area contributed by atoms with E-state index in [4.69, 9.17) is 0 Å². The molecular weight excluding hydrogens is 192 g/mol. The quantitative estimate of drug-likeness (QED) is 0.517. The largest absolute Gasteiger partial charge is 0.386 e. The third-order valence-electron chi connectivity index (χ3n) is 3.34. The van der Waals surface area contributed by atoms with Crippen LogP contribution in [0.2, 0.25) is 0 Å². The Morgan fingerprint density at radius 2 is 1.80 bits per heavy atom. The molecule has 15 heavy (non-hydrogen) atoms. The summed E-state index contributed by atoms with van der Waals surface area (Å²) in [6, 6.07) is 0. The summed E-state index contributed by atoms with van der Waals surface area (Å²) in [7, 11) is 0. The van der Waals surface area contributed by atoms with Gasteiger partial charge in [-0.05, 0) is 25.2 Å². The molecule has 82 valence electrons. The number of carbonyl (C=O) groups is 2. The van der Waals surface area contributed by atoms with Gasteiger partial charge in [0.15, 0.2) is 0 Å². The van der Waals surface area contributed by atoms with Crippen molar-refractivity contribution >= 4 is 11.9 Å². The second-order valence-corrected chi connectivity index (χ2v) is 4.26. The average Bonchev–Trinajstić information content (AvgIpc) is 2.54. The van der Waals surface area contributed by atoms with Crippen LogP contribution in [0.15, 0.2) is 11.1 Å². The monoisotopic (exact) mass is 208 g/mol. The second-order valence-electron chi connectivity index (χ2n) is 4.26. The predicted octanol–water partition coefficient (Wildman–Crippen LogP) is 2.36. The van der Waals surface area contributed by atoms with Gasteiger partial charge in [-0.15, -0.1) is 0 Å². The molecule has 0 unspecified atom stereocenters. The van der Waals surface area contributed by atoms with Gasteiger partial charge in [-0.3, -0.25) is 0 Å². The van der Waals surface area contributed by atoms with Crippen LogP contribution in [0, 0.1) is 5.92 Å². The molecule has 0 aromatic carbocycles. The van der Waals surface area contributed by atoms with Gasteiger partial charge in [-0.25, -0.2) is 9.59 Å². The molecule has 3 nitrogen and oxygen atoms in total. The third kappa shape index (κ3) is 1.83. The van der Waals surface area contributed by atoms with Crippen LogP contribution < -0.4 is 0 Å². The van der Waals surface area contributed by atoms with Crippen molar-refractivity contribution in [3.63, 3.8) is 0 Å². The average molecular weight is 208 g/mol. The van der Waals surface area contributed by atoms with Crippen LogP contribution >= 0.6 is 0 Å². The first kappa shape index (κ1) is 10.4. The summed E-state index contributed by atoms with van der Waals surface area (Å²) in [6.45, 7) is 1.90. The van der Waals surface area contributed by atoms with E-state index in [2.05, 4.69) is 4.74 Å². The minimum atomic E-state index is -0.414. The van der Waals surface area contributed by atoms with Crippen LogP contribution in [0.1, 0.15) is 45.4 Å². The first-order valence-electron chi connectivity index (χ1n) is 5.73. The number of rotatable bonds is 2. The van der Waals surface area contributed by atoms with Gasteiger partial charge in [-0.1, -0.05) is 26.2 Å². The lowest BCUT2D eigenvalue weighted by atomic mass is 9.82. The van der Waals surface area contributed by atoms with E-state index in [1.54, 1.807) is 0 Å². The SMILES string of the molecule is CCC1=C(C2CCCCC2)C(=O)OC1=O. The summed E-state index contributed by atoms with van der Waals surface area (Å²) in [5, 5.41) is 0. The predicted molar refractivity (Wildman–Crippen MR) is 55.0 cm³/mol. The number of carbonyl (C=O) groups excluding carboxylic acids is 2. The maximum Gasteiger partial charge on any atom is 0.342 e. The summed E-state index contributed by atoms with van der Waals surface area (Å²) in [5.41, 5.74) is 1.30. The molecule has 0 spiro atoms. The van der Waals surface area contributed by atoms with Crippen molar-refractivity contribution in [1.29, 1.82) is 0 Å². The Kier molecular flexibility index (Phi) is 2.89. The van der Waals surface area contributed by atoms with Gasteiger partial charge in [0.2, 0.25) is 0 Å². The molecule has 2 rings (SSSR count). The standard InChI is InChI=1S/C12H16O3/c1-2-9-10(12(14)15-11(9)13)8-6-4-3-5-7-8/h8H,2-7H2,1H3. The van der Waals surface area contributed by atoms with Crippen LogP contribution in [0.5, 0.6) is 0 Å². The molecule has 1 fully saturated rings. The van der Waals surface area contributed by atoms with Crippen molar-refractivity contribution in [2.45, 2.75) is 45.4 Å². The fourth-order valence-corrected chi connectivity index (χ4v) is 2.57. The summed E-state index contributed by atoms with van der Waals surface area (Å²) in [4.78, 5) is 22.9. The lowest BCUT2D eigenvalue weighted by Gasteiger charge is -2.21. The van der Waals surface area contributed by atoms with E-state index in [1.807, 2.05) is 6.92 Å². The molecule has 3 heteroatoms. The molecule has 1 aliphatic carbocycles. The molecule has 0 atom stereocenters. The molecule has 1 saturated carbocycles. The minimum absolute atomic E-state index is 0.271. The van der Waals surface area contributed by atoms with Gasteiger partial charge in [0.1, 0.15) is 0 Å². The number of hydrogen-bond acceptors (Lipinski definition) is 3. The van der Waals surface area contributed by atoms with E-state index in [-0.39, 0.29) is 11.9 Å². The van der Waals surface area contributed by atoms with Gasteiger partial charge >= 0.3 is 11.9 Å². The number of cyclic esters (lactones) is 2. The minimum Gasteiger partial charge on any atom is -0.386 e. The first-order valence-corrected chi connectivity index (χ1v) is 5.73. The molecule has 0 N–H and O–H groups in total. The van der Waals surface area contributed by atoms with Crippen LogP contribution in [0.3, 0.4) is 0 Å². The smallest absolute Gasteiger partial charge is 0.342 e. The second kappa shape index (κ2) is 4.17. The Labute approximate surface area is 89.5 Å². The zero-order valence-electron chi connectivity index (χ0n) is 9.04. The number of hydrogen-bond donors (Lipinski definition) is 0. The van der Waals surface area contributed by atoms with Crippen molar-refractivity contribution in [2.24, 2.45) is 5.92 Å². The Hall–Kier alpha value is -1.12. The fraction of sp³-hybridized carbons (Fsp3) is 0.667. The molecule has 0 aromatic rings. The van der Waals surface area contributed by atoms with E-state index in [9.17, 15) is 9.59 Å². The summed E-state index contributed by atoms with van der Waals surface area (Å²) in [5.74, 6) is -0.528. The maximum absolute atomic E-state index is 11.6. The zero-order chi connectivity index (χ0) is 10.8. The van der Waals surface area contributed by atoms with E-state index in [1.165, 1.54) is 6.42 Å². The van der Waals surface area contributed by atoms with Gasteiger partial charge in [0, 0.05) is 5.57 Å². The molecule has 0 aromatic heterocycles. The van der Waals surface area contributed by atoms with Crippen molar-refractivity contribution < 1.29 is 14.3 Å². The van der Waals surface area contributed by atoms with E-state index in [0.717, 1.165) is 25.7 Å². The van der Waals surface area contributed by atoms with Crippen molar-refractivity contribution in [3.05, 3.63) is 11.1 Å². The summed E-state index contributed by atoms with van der Waals surface area (Å²) >= 11 is 0. The van der Waals surface area contributed by atoms with Gasteiger partial charge in [-0.2, -0.15) is 0 Å². The summed E-state index contributed by atoms with van der Waals surface area (Å²) < 4.78 is 4.68. The Balaban J connectivity index is 2.26. The van der Waals surface area contributed by atoms with Crippen LogP contribution in [0.4, 0.5) is 0 Å². The van der Waals surface area contributed by atoms with Gasteiger partial charge in [0.05, 0.1) is 5.57 Å². The summed E-state index contributed by atoms with van der Waals surface area (Å²) in [6.07, 6.45) is 6.23. The Morgan fingerprint density at radius 3 is 2.40 bits per heavy atom. The highest BCUT2D eigenvalue weighted by molar-refractivity contribution is 6.12. The van der Waals surface area contributed by atoms with Gasteiger partial charge < -0.3 is 4.74 Å². The van der Waals surface area contributed by atoms with Crippen molar-refractivity contribution in [1.82, 2.24) is 0 Å². The van der Waals surface area contributed by atoms with Crippen LogP contribution in [0.25, 0.3) is 0 Å². The van der Waals surface area contributed by atoms with E-state index < -0.39 is 5.97 Å². The van der Waals surface area contributed by atoms with Crippen molar-refractivity contribution in [3.8, 4) is 0 Å². The molecule has 0 saturated heterocycles. The Morgan fingerprint density at radius 1 is 1.13 bits per heavy atom. The van der Waals surface area contributed by atoms with E-state index >= 15 is 0 Å². The maximum atomic E-state index is 11.6. The molecule has 1 heterocycles. The zero-order valence-corrected chi connectivity index (χ0v) is 9.04. The highest BCUT2D eigenvalue weighted by atomic mass is 16.6. The lowest BCUT2D eigenvalue weighted by molar-refractivity contribution is -0.151. The molecule has 0 radical (unpaired) electrons. The lowest BCUT2D eigenvalue weighted by Crippen LogP contribution is -2.14. The normalized spacial score (nSPS) is 23.5. The Bertz CT molecular complexity index is 322. The highest BCUT2D eigenvalue weighted by Crippen LogP contribution is 2.35. The highest BCUT2D eigenvalue weighted by Gasteiger charge is 2.36. The number of ether oxygens (including phenoxy) is 1. The van der Waals surface area contributed by atoms with Crippen LogP contribution in [-0.2, 0) is 14.3 Å². The molecule has 0 bridgehead atoms. The van der Waals surface area contributed by atoms with Crippen molar-refractivity contribution in [2.75, 3.05) is 0 Å². The molecule has 2 aliphatic rings. The third-order valence-corrected chi connectivity index (χ3v) is 3.34. The number of esters is 2. The van der Waals surface area contributed by atoms with E-state index in [0.29, 0.717) is 17.6 Å². The van der Waals surface area contributed by atoms with Crippen LogP contribution in [-0.4, -0.2) is 11.9 Å². The molecule has 1 aliphatic heterocycles. The topological polar surface area (TPSA) is 43.4 Å².